The Morgan fingerprint density at radius 2 is 2.14 bits per heavy atom. The normalized spacial score (nSPS) is 9.93. The van der Waals surface area contributed by atoms with E-state index in [0.717, 1.165) is 12.0 Å². The minimum atomic E-state index is -0.322. The Bertz CT molecular complexity index is 316. The van der Waals surface area contributed by atoms with Crippen molar-refractivity contribution < 1.29 is 9.18 Å². The van der Waals surface area contributed by atoms with Crippen molar-refractivity contribution in [2.75, 3.05) is 5.32 Å². The maximum absolute atomic E-state index is 12.9. The third-order valence-corrected chi connectivity index (χ3v) is 1.80. The van der Waals surface area contributed by atoms with Gasteiger partial charge in [0, 0.05) is 12.1 Å². The number of rotatable bonds is 3. The molecule has 0 fully saturated rings. The third-order valence-electron chi connectivity index (χ3n) is 1.80. The molecule has 0 unspecified atom stereocenters. The molecule has 1 N–H and O–H groups in total. The Morgan fingerprint density at radius 3 is 2.71 bits per heavy atom. The monoisotopic (exact) mass is 195 g/mol. The minimum absolute atomic E-state index is 0.0718. The fourth-order valence-corrected chi connectivity index (χ4v) is 1.26. The zero-order valence-corrected chi connectivity index (χ0v) is 8.43. The van der Waals surface area contributed by atoms with E-state index < -0.39 is 0 Å². The summed E-state index contributed by atoms with van der Waals surface area (Å²) < 4.78 is 12.9. The van der Waals surface area contributed by atoms with Gasteiger partial charge in [0.25, 0.3) is 0 Å². The van der Waals surface area contributed by atoms with Gasteiger partial charge in [0.15, 0.2) is 0 Å². The van der Waals surface area contributed by atoms with Crippen LogP contribution in [0.15, 0.2) is 18.2 Å². The largest absolute Gasteiger partial charge is 0.326 e. The molecule has 1 aromatic carbocycles. The molecule has 0 heterocycles. The van der Waals surface area contributed by atoms with Crippen molar-refractivity contribution in [3.05, 3.63) is 29.6 Å². The molecule has 1 amide bonds. The van der Waals surface area contributed by atoms with Gasteiger partial charge in [0.05, 0.1) is 0 Å². The second kappa shape index (κ2) is 4.74. The maximum atomic E-state index is 12.9. The molecule has 2 nitrogen and oxygen atoms in total. The van der Waals surface area contributed by atoms with E-state index in [1.807, 2.05) is 6.92 Å². The van der Waals surface area contributed by atoms with E-state index in [1.165, 1.54) is 12.1 Å². The van der Waals surface area contributed by atoms with Gasteiger partial charge in [-0.15, -0.1) is 0 Å². The van der Waals surface area contributed by atoms with Gasteiger partial charge in [-0.2, -0.15) is 0 Å². The predicted octanol–water partition coefficient (Wildman–Crippen LogP) is 2.87. The van der Waals surface area contributed by atoms with Crippen LogP contribution in [0, 0.1) is 12.7 Å². The molecule has 14 heavy (non-hydrogen) atoms. The molecule has 0 spiro atoms. The van der Waals surface area contributed by atoms with Crippen molar-refractivity contribution in [1.29, 1.82) is 0 Å². The highest BCUT2D eigenvalue weighted by atomic mass is 19.1. The van der Waals surface area contributed by atoms with Crippen LogP contribution in [-0.4, -0.2) is 5.91 Å². The Hall–Kier alpha value is -1.38. The number of benzene rings is 1. The fraction of sp³-hybridized carbons (Fsp3) is 0.364. The quantitative estimate of drug-likeness (QED) is 0.789. The second-order valence-corrected chi connectivity index (χ2v) is 3.32. The summed E-state index contributed by atoms with van der Waals surface area (Å²) >= 11 is 0. The number of nitrogens with one attached hydrogen (secondary N) is 1. The number of carbonyl (C=O) groups excluding carboxylic acids is 1. The van der Waals surface area contributed by atoms with E-state index in [9.17, 15) is 9.18 Å². The molecule has 1 aromatic rings. The molecule has 0 atom stereocenters. The zero-order valence-electron chi connectivity index (χ0n) is 8.43. The molecule has 0 radical (unpaired) electrons. The van der Waals surface area contributed by atoms with Crippen LogP contribution in [0.2, 0.25) is 0 Å². The lowest BCUT2D eigenvalue weighted by atomic mass is 10.2. The lowest BCUT2D eigenvalue weighted by molar-refractivity contribution is -0.116. The smallest absolute Gasteiger partial charge is 0.224 e. The molecule has 0 saturated heterocycles. The van der Waals surface area contributed by atoms with E-state index in [4.69, 9.17) is 0 Å². The molecular weight excluding hydrogens is 181 g/mol. The van der Waals surface area contributed by atoms with Crippen LogP contribution in [0.5, 0.6) is 0 Å². The molecular formula is C11H14FNO. The Balaban J connectivity index is 2.71. The van der Waals surface area contributed by atoms with Crippen LogP contribution in [0.4, 0.5) is 10.1 Å². The first-order valence-corrected chi connectivity index (χ1v) is 4.69. The summed E-state index contributed by atoms with van der Waals surface area (Å²) in [5.74, 6) is -0.394. The van der Waals surface area contributed by atoms with Crippen LogP contribution in [0.3, 0.4) is 0 Å². The SMILES string of the molecule is CCCC(=O)Nc1cc(C)cc(F)c1. The van der Waals surface area contributed by atoms with Crippen molar-refractivity contribution in [1.82, 2.24) is 0 Å². The van der Waals surface area contributed by atoms with Gasteiger partial charge in [0.1, 0.15) is 5.82 Å². The Morgan fingerprint density at radius 1 is 1.43 bits per heavy atom. The number of hydrogen-bond acceptors (Lipinski definition) is 1. The maximum Gasteiger partial charge on any atom is 0.224 e. The number of carbonyl (C=O) groups is 1. The summed E-state index contributed by atoms with van der Waals surface area (Å²) in [7, 11) is 0. The minimum Gasteiger partial charge on any atom is -0.326 e. The summed E-state index contributed by atoms with van der Waals surface area (Å²) in [6, 6.07) is 4.49. The van der Waals surface area contributed by atoms with Crippen LogP contribution in [-0.2, 0) is 4.79 Å². The van der Waals surface area contributed by atoms with E-state index in [1.54, 1.807) is 13.0 Å². The van der Waals surface area contributed by atoms with Crippen molar-refractivity contribution in [2.45, 2.75) is 26.7 Å². The van der Waals surface area contributed by atoms with Crippen LogP contribution < -0.4 is 5.32 Å². The molecule has 0 saturated carbocycles. The molecule has 3 heteroatoms. The average Bonchev–Trinajstić information content (AvgIpc) is 2.01. The van der Waals surface area contributed by atoms with Crippen molar-refractivity contribution >= 4 is 11.6 Å². The summed E-state index contributed by atoms with van der Waals surface area (Å²) in [5, 5.41) is 2.65. The van der Waals surface area contributed by atoms with Crippen LogP contribution in [0.1, 0.15) is 25.3 Å². The fourth-order valence-electron chi connectivity index (χ4n) is 1.26. The molecule has 0 aliphatic carbocycles. The second-order valence-electron chi connectivity index (χ2n) is 3.32. The summed E-state index contributed by atoms with van der Waals surface area (Å²) in [6.07, 6.45) is 1.26. The molecule has 0 aromatic heterocycles. The highest BCUT2D eigenvalue weighted by molar-refractivity contribution is 5.90. The van der Waals surface area contributed by atoms with Gasteiger partial charge < -0.3 is 5.32 Å². The highest BCUT2D eigenvalue weighted by Crippen LogP contribution is 2.13. The average molecular weight is 195 g/mol. The molecule has 0 aliphatic heterocycles. The van der Waals surface area contributed by atoms with E-state index in [-0.39, 0.29) is 11.7 Å². The van der Waals surface area contributed by atoms with Crippen molar-refractivity contribution in [3.63, 3.8) is 0 Å². The number of anilines is 1. The predicted molar refractivity (Wildman–Crippen MR) is 54.7 cm³/mol. The lowest BCUT2D eigenvalue weighted by Gasteiger charge is -2.05. The van der Waals surface area contributed by atoms with Crippen LogP contribution >= 0.6 is 0 Å². The number of halogens is 1. The highest BCUT2D eigenvalue weighted by Gasteiger charge is 2.02. The zero-order chi connectivity index (χ0) is 10.6. The van der Waals surface area contributed by atoms with Gasteiger partial charge >= 0.3 is 0 Å². The standard InChI is InChI=1S/C11H14FNO/c1-3-4-11(14)13-10-6-8(2)5-9(12)7-10/h5-7H,3-4H2,1-2H3,(H,13,14). The third kappa shape index (κ3) is 3.17. The topological polar surface area (TPSA) is 29.1 Å². The van der Waals surface area contributed by atoms with Gasteiger partial charge in [-0.05, 0) is 37.1 Å². The number of amides is 1. The van der Waals surface area contributed by atoms with E-state index >= 15 is 0 Å². The molecule has 0 aliphatic rings. The number of aryl methyl sites for hydroxylation is 1. The molecule has 1 rings (SSSR count). The first-order chi connectivity index (χ1) is 6.61. The van der Waals surface area contributed by atoms with E-state index in [2.05, 4.69) is 5.32 Å². The Kier molecular flexibility index (Phi) is 3.63. The first kappa shape index (κ1) is 10.7. The summed E-state index contributed by atoms with van der Waals surface area (Å²) in [6.45, 7) is 3.72. The molecule has 76 valence electrons. The van der Waals surface area contributed by atoms with Gasteiger partial charge in [-0.25, -0.2) is 4.39 Å². The first-order valence-electron chi connectivity index (χ1n) is 4.69. The molecule has 0 bridgehead atoms. The van der Waals surface area contributed by atoms with Gasteiger partial charge in [0.2, 0.25) is 5.91 Å². The van der Waals surface area contributed by atoms with E-state index in [0.29, 0.717) is 12.1 Å². The van der Waals surface area contributed by atoms with Crippen LogP contribution in [0.25, 0.3) is 0 Å². The van der Waals surface area contributed by atoms with Crippen molar-refractivity contribution in [2.24, 2.45) is 0 Å². The summed E-state index contributed by atoms with van der Waals surface area (Å²) in [4.78, 5) is 11.2. The van der Waals surface area contributed by atoms with Crippen molar-refractivity contribution in [3.8, 4) is 0 Å². The number of hydrogen-bond donors (Lipinski definition) is 1. The lowest BCUT2D eigenvalue weighted by Crippen LogP contribution is -2.10. The Labute approximate surface area is 83.1 Å². The van der Waals surface area contributed by atoms with Gasteiger partial charge in [-0.1, -0.05) is 6.92 Å². The summed E-state index contributed by atoms with van der Waals surface area (Å²) in [5.41, 5.74) is 1.33. The van der Waals surface area contributed by atoms with Gasteiger partial charge in [-0.3, -0.25) is 4.79 Å².